The smallest absolute Gasteiger partial charge is 0.0672 e. The van der Waals surface area contributed by atoms with Crippen molar-refractivity contribution in [3.05, 3.63) is 82.9 Å². The molecule has 2 bridgehead atoms. The lowest BCUT2D eigenvalue weighted by molar-refractivity contribution is 0.389. The normalized spacial score (nSPS) is 25.7. The Hall–Kier alpha value is -2.12. The molecule has 0 aliphatic carbocycles. The highest BCUT2D eigenvalue weighted by Crippen LogP contribution is 2.48. The van der Waals surface area contributed by atoms with Gasteiger partial charge in [-0.25, -0.2) is 0 Å². The third-order valence-corrected chi connectivity index (χ3v) is 5.27. The molecule has 3 aromatic rings. The number of benzene rings is 3. The summed E-state index contributed by atoms with van der Waals surface area (Å²) < 4.78 is 0. The third kappa shape index (κ3) is 1.39. The van der Waals surface area contributed by atoms with Crippen LogP contribution in [0, 0.1) is 0 Å². The molecule has 0 aromatic heterocycles. The highest BCUT2D eigenvalue weighted by Gasteiger charge is 2.45. The Morgan fingerprint density at radius 3 is 2.48 bits per heavy atom. The van der Waals surface area contributed by atoms with Gasteiger partial charge in [0, 0.05) is 6.04 Å². The average Bonchev–Trinajstić information content (AvgIpc) is 2.76. The fourth-order valence-corrected chi connectivity index (χ4v) is 4.29. The first-order valence-electron chi connectivity index (χ1n) is 7.65. The number of rotatable bonds is 0. The minimum absolute atomic E-state index is 0.0428. The first kappa shape index (κ1) is 11.5. The zero-order chi connectivity index (χ0) is 14.0. The minimum atomic E-state index is -0.0428. The van der Waals surface area contributed by atoms with Crippen molar-refractivity contribution in [2.75, 3.05) is 0 Å². The molecule has 21 heavy (non-hydrogen) atoms. The monoisotopic (exact) mass is 271 g/mol. The second-order valence-electron chi connectivity index (χ2n) is 6.47. The number of nitrogens with one attached hydrogen (secondary N) is 1. The summed E-state index contributed by atoms with van der Waals surface area (Å²) in [5.41, 5.74) is 5.82. The molecule has 102 valence electrons. The van der Waals surface area contributed by atoms with Crippen LogP contribution in [-0.4, -0.2) is 0 Å². The Kier molecular flexibility index (Phi) is 2.06. The molecular formula is C20H17N. The molecule has 2 heterocycles. The van der Waals surface area contributed by atoms with Crippen LogP contribution >= 0.6 is 0 Å². The van der Waals surface area contributed by atoms with Crippen molar-refractivity contribution in [1.29, 1.82) is 0 Å². The average molecular weight is 271 g/mol. The zero-order valence-corrected chi connectivity index (χ0v) is 12.1. The van der Waals surface area contributed by atoms with Gasteiger partial charge in [0.15, 0.2) is 0 Å². The molecule has 0 spiro atoms. The molecule has 0 amide bonds. The van der Waals surface area contributed by atoms with Crippen LogP contribution < -0.4 is 5.32 Å². The standard InChI is InChI=1S/C20H17N/c1-20-17-9-5-4-8-16(17)19(21-20)12-15-10-13-6-2-3-7-14(13)11-18(15)20/h2-11,19,21H,12H2,1H3/t19-,20-/m1/s1. The van der Waals surface area contributed by atoms with Crippen molar-refractivity contribution in [1.82, 2.24) is 5.32 Å². The van der Waals surface area contributed by atoms with Crippen LogP contribution in [-0.2, 0) is 12.0 Å². The van der Waals surface area contributed by atoms with Gasteiger partial charge in [-0.2, -0.15) is 0 Å². The summed E-state index contributed by atoms with van der Waals surface area (Å²) in [5.74, 6) is 0. The van der Waals surface area contributed by atoms with Crippen LogP contribution in [0.4, 0.5) is 0 Å². The van der Waals surface area contributed by atoms with Crippen molar-refractivity contribution in [3.8, 4) is 0 Å². The lowest BCUT2D eigenvalue weighted by Crippen LogP contribution is -2.41. The van der Waals surface area contributed by atoms with Gasteiger partial charge in [0.25, 0.3) is 0 Å². The summed E-state index contributed by atoms with van der Waals surface area (Å²) in [6.07, 6.45) is 1.09. The maximum Gasteiger partial charge on any atom is 0.0672 e. The van der Waals surface area contributed by atoms with E-state index in [0.717, 1.165) is 6.42 Å². The summed E-state index contributed by atoms with van der Waals surface area (Å²) in [5, 5.41) is 6.54. The van der Waals surface area contributed by atoms with Gasteiger partial charge in [0.05, 0.1) is 5.54 Å². The molecule has 2 aliphatic heterocycles. The van der Waals surface area contributed by atoms with Crippen LogP contribution in [0.5, 0.6) is 0 Å². The van der Waals surface area contributed by atoms with E-state index < -0.39 is 0 Å². The molecule has 2 atom stereocenters. The van der Waals surface area contributed by atoms with E-state index in [-0.39, 0.29) is 5.54 Å². The zero-order valence-electron chi connectivity index (χ0n) is 12.1. The topological polar surface area (TPSA) is 12.0 Å². The fourth-order valence-electron chi connectivity index (χ4n) is 4.29. The summed E-state index contributed by atoms with van der Waals surface area (Å²) in [6.45, 7) is 2.33. The number of fused-ring (bicyclic) bond motifs is 8. The fraction of sp³-hybridized carbons (Fsp3) is 0.200. The van der Waals surface area contributed by atoms with Gasteiger partial charge in [-0.3, -0.25) is 5.32 Å². The van der Waals surface area contributed by atoms with E-state index in [2.05, 4.69) is 72.9 Å². The Bertz CT molecular complexity index is 880. The van der Waals surface area contributed by atoms with Gasteiger partial charge in [-0.1, -0.05) is 54.6 Å². The lowest BCUT2D eigenvalue weighted by Gasteiger charge is -2.35. The van der Waals surface area contributed by atoms with E-state index in [4.69, 9.17) is 0 Å². The van der Waals surface area contributed by atoms with Gasteiger partial charge in [-0.15, -0.1) is 0 Å². The molecule has 2 aliphatic rings. The molecule has 1 N–H and O–H groups in total. The van der Waals surface area contributed by atoms with Gasteiger partial charge >= 0.3 is 0 Å². The highest BCUT2D eigenvalue weighted by atomic mass is 15.1. The van der Waals surface area contributed by atoms with Crippen molar-refractivity contribution in [2.24, 2.45) is 0 Å². The molecule has 0 saturated heterocycles. The van der Waals surface area contributed by atoms with Crippen molar-refractivity contribution >= 4 is 10.8 Å². The first-order chi connectivity index (χ1) is 10.3. The van der Waals surface area contributed by atoms with Gasteiger partial charge in [0.2, 0.25) is 0 Å². The molecule has 1 heteroatoms. The van der Waals surface area contributed by atoms with Crippen LogP contribution in [0.3, 0.4) is 0 Å². The molecule has 1 nitrogen and oxygen atoms in total. The first-order valence-corrected chi connectivity index (χ1v) is 7.65. The second-order valence-corrected chi connectivity index (χ2v) is 6.47. The lowest BCUT2D eigenvalue weighted by atomic mass is 9.81. The summed E-state index contributed by atoms with van der Waals surface area (Å²) >= 11 is 0. The van der Waals surface area contributed by atoms with E-state index in [9.17, 15) is 0 Å². The van der Waals surface area contributed by atoms with Gasteiger partial charge in [-0.05, 0) is 52.4 Å². The number of hydrogen-bond donors (Lipinski definition) is 1. The summed E-state index contributed by atoms with van der Waals surface area (Å²) in [6, 6.07) is 22.8. The molecule has 3 aromatic carbocycles. The van der Waals surface area contributed by atoms with E-state index in [1.807, 2.05) is 0 Å². The van der Waals surface area contributed by atoms with E-state index in [0.29, 0.717) is 6.04 Å². The molecule has 0 radical (unpaired) electrons. The largest absolute Gasteiger partial charge is 0.297 e. The van der Waals surface area contributed by atoms with Crippen molar-refractivity contribution in [3.63, 3.8) is 0 Å². The summed E-state index contributed by atoms with van der Waals surface area (Å²) in [7, 11) is 0. The molecule has 0 fully saturated rings. The Labute approximate surface area is 124 Å². The highest BCUT2D eigenvalue weighted by molar-refractivity contribution is 5.85. The van der Waals surface area contributed by atoms with Gasteiger partial charge < -0.3 is 0 Å². The van der Waals surface area contributed by atoms with Crippen LogP contribution in [0.25, 0.3) is 10.8 Å². The number of hydrogen-bond acceptors (Lipinski definition) is 1. The van der Waals surface area contributed by atoms with Crippen molar-refractivity contribution in [2.45, 2.75) is 24.9 Å². The van der Waals surface area contributed by atoms with E-state index in [1.165, 1.54) is 33.0 Å². The maximum absolute atomic E-state index is 3.85. The predicted octanol–water partition coefficient (Wildman–Crippen LogP) is 4.30. The van der Waals surface area contributed by atoms with Crippen molar-refractivity contribution < 1.29 is 0 Å². The Balaban J connectivity index is 1.85. The van der Waals surface area contributed by atoms with E-state index in [1.54, 1.807) is 0 Å². The van der Waals surface area contributed by atoms with Gasteiger partial charge in [0.1, 0.15) is 0 Å². The van der Waals surface area contributed by atoms with Crippen LogP contribution in [0.1, 0.15) is 35.2 Å². The molecule has 0 saturated carbocycles. The second kappa shape index (κ2) is 3.75. The maximum atomic E-state index is 3.85. The molecular weight excluding hydrogens is 254 g/mol. The minimum Gasteiger partial charge on any atom is -0.297 e. The van der Waals surface area contributed by atoms with E-state index >= 15 is 0 Å². The SMILES string of the molecule is C[C@]12N[C@H](Cc3cc4ccccc4cc31)c1ccccc12. The predicted molar refractivity (Wildman–Crippen MR) is 86.4 cm³/mol. The Morgan fingerprint density at radius 2 is 1.62 bits per heavy atom. The Morgan fingerprint density at radius 1 is 0.905 bits per heavy atom. The summed E-state index contributed by atoms with van der Waals surface area (Å²) in [4.78, 5) is 0. The molecule has 5 rings (SSSR count). The molecule has 0 unspecified atom stereocenters. The quantitative estimate of drug-likeness (QED) is 0.642. The van der Waals surface area contributed by atoms with Crippen LogP contribution in [0.15, 0.2) is 60.7 Å². The van der Waals surface area contributed by atoms with Crippen LogP contribution in [0.2, 0.25) is 0 Å². The third-order valence-electron chi connectivity index (χ3n) is 5.27.